The summed E-state index contributed by atoms with van der Waals surface area (Å²) in [5, 5.41) is 11.3. The van der Waals surface area contributed by atoms with Crippen molar-refractivity contribution in [2.75, 3.05) is 40.6 Å². The van der Waals surface area contributed by atoms with Crippen molar-refractivity contribution in [1.29, 1.82) is 0 Å². The fraction of sp³-hybridized carbons (Fsp3) is 0.917. The van der Waals surface area contributed by atoms with Crippen molar-refractivity contribution in [1.82, 2.24) is 5.32 Å². The van der Waals surface area contributed by atoms with E-state index in [0.29, 0.717) is 0 Å². The molecular weight excluding hydrogens is 430 g/mol. The van der Waals surface area contributed by atoms with Gasteiger partial charge in [-0.25, -0.2) is 4.18 Å². The third-order valence-corrected chi connectivity index (χ3v) is 5.77. The van der Waals surface area contributed by atoms with E-state index in [-0.39, 0.29) is 26.4 Å². The maximum Gasteiger partial charge on any atom is 0.399 e. The summed E-state index contributed by atoms with van der Waals surface area (Å²) in [4.78, 5) is 0. The highest BCUT2D eigenvalue weighted by Crippen LogP contribution is 2.13. The molecule has 0 atom stereocenters. The maximum atomic E-state index is 10.5. The summed E-state index contributed by atoms with van der Waals surface area (Å²) >= 11 is 0. The monoisotopic (exact) mass is 481 g/mol. The van der Waals surface area contributed by atoms with Crippen molar-refractivity contribution in [3.8, 4) is 0 Å². The summed E-state index contributed by atoms with van der Waals surface area (Å²) in [6, 6.07) is 0. The average Bonchev–Trinajstić information content (AvgIpc) is 2.79. The molecule has 0 saturated carbocycles. The second-order valence-electron chi connectivity index (χ2n) is 7.81. The van der Waals surface area contributed by atoms with Gasteiger partial charge in [-0.05, 0) is 19.0 Å². The van der Waals surface area contributed by atoms with Gasteiger partial charge < -0.3 is 15.2 Å². The van der Waals surface area contributed by atoms with Gasteiger partial charge in [0.15, 0.2) is 0 Å². The second-order valence-corrected chi connectivity index (χ2v) is 9.19. The molecular formula is C24H51NO6S. The Morgan fingerprint density at radius 1 is 0.781 bits per heavy atom. The van der Waals surface area contributed by atoms with Crippen LogP contribution < -0.4 is 5.32 Å². The summed E-state index contributed by atoms with van der Waals surface area (Å²) in [5.41, 5.74) is 0. The normalized spacial score (nSPS) is 11.5. The summed E-state index contributed by atoms with van der Waals surface area (Å²) in [6.45, 7) is 2.34. The molecule has 2 N–H and O–H groups in total. The van der Waals surface area contributed by atoms with Crippen LogP contribution in [0.2, 0.25) is 0 Å². The largest absolute Gasteiger partial charge is 0.399 e. The van der Waals surface area contributed by atoms with Crippen LogP contribution in [0.1, 0.15) is 103 Å². The molecule has 0 aromatic rings. The van der Waals surface area contributed by atoms with Gasteiger partial charge in [0.1, 0.15) is 0 Å². The Balaban J connectivity index is 0. The lowest BCUT2D eigenvalue weighted by Crippen LogP contribution is -2.13. The minimum atomic E-state index is -3.85. The number of ether oxygens (including phenoxy) is 1. The van der Waals surface area contributed by atoms with Gasteiger partial charge >= 0.3 is 10.4 Å². The van der Waals surface area contributed by atoms with Crippen molar-refractivity contribution in [2.24, 2.45) is 0 Å². The molecule has 0 aliphatic heterocycles. The number of hydrogen-bond acceptors (Lipinski definition) is 7. The first kappa shape index (κ1) is 33.5. The van der Waals surface area contributed by atoms with Crippen LogP contribution in [-0.2, 0) is 23.5 Å². The van der Waals surface area contributed by atoms with Crippen molar-refractivity contribution >= 4 is 10.4 Å². The maximum absolute atomic E-state index is 10.5. The highest BCUT2D eigenvalue weighted by Gasteiger charge is 2.07. The second kappa shape index (κ2) is 28.4. The van der Waals surface area contributed by atoms with Gasteiger partial charge in [0.25, 0.3) is 0 Å². The first-order chi connectivity index (χ1) is 15.5. The summed E-state index contributed by atoms with van der Waals surface area (Å²) in [6.07, 6.45) is 25.7. The number of aliphatic hydroxyl groups excluding tert-OH is 1. The van der Waals surface area contributed by atoms with Gasteiger partial charge in [0, 0.05) is 7.05 Å². The van der Waals surface area contributed by atoms with Gasteiger partial charge in [0.2, 0.25) is 0 Å². The third-order valence-electron chi connectivity index (χ3n) is 4.90. The molecule has 0 rings (SSSR count). The van der Waals surface area contributed by atoms with Crippen molar-refractivity contribution < 1.29 is 26.6 Å². The first-order valence-electron chi connectivity index (χ1n) is 12.5. The van der Waals surface area contributed by atoms with Crippen LogP contribution >= 0.6 is 0 Å². The highest BCUT2D eigenvalue weighted by molar-refractivity contribution is 7.81. The molecule has 8 heteroatoms. The average molecular weight is 482 g/mol. The van der Waals surface area contributed by atoms with E-state index in [1.165, 1.54) is 96.3 Å². The minimum Gasteiger partial charge on any atom is -0.394 e. The third kappa shape index (κ3) is 31.5. The van der Waals surface area contributed by atoms with E-state index in [2.05, 4.69) is 26.7 Å². The van der Waals surface area contributed by atoms with E-state index in [9.17, 15) is 8.42 Å². The zero-order valence-electron chi connectivity index (χ0n) is 21.0. The molecule has 0 aliphatic carbocycles. The van der Waals surface area contributed by atoms with Crippen LogP contribution in [-0.4, -0.2) is 54.1 Å². The Morgan fingerprint density at radius 3 is 1.72 bits per heavy atom. The molecule has 0 bridgehead atoms. The summed E-state index contributed by atoms with van der Waals surface area (Å²) in [5.74, 6) is 0. The lowest BCUT2D eigenvalue weighted by atomic mass is 10.0. The molecule has 194 valence electrons. The smallest absolute Gasteiger partial charge is 0.394 e. The van der Waals surface area contributed by atoms with Crippen molar-refractivity contribution in [3.63, 3.8) is 0 Å². The quantitative estimate of drug-likeness (QED) is 0.186. The van der Waals surface area contributed by atoms with E-state index in [4.69, 9.17) is 9.84 Å². The van der Waals surface area contributed by atoms with Crippen LogP contribution in [0.5, 0.6) is 0 Å². The van der Waals surface area contributed by atoms with Gasteiger partial charge in [-0.2, -0.15) is 8.42 Å². The fourth-order valence-corrected chi connectivity index (χ4v) is 3.44. The van der Waals surface area contributed by atoms with E-state index >= 15 is 0 Å². The van der Waals surface area contributed by atoms with Gasteiger partial charge in [-0.15, -0.1) is 0 Å². The Kier molecular flexibility index (Phi) is 29.7. The van der Waals surface area contributed by atoms with Gasteiger partial charge in [-0.1, -0.05) is 96.5 Å². The lowest BCUT2D eigenvalue weighted by molar-refractivity contribution is 0.0681. The van der Waals surface area contributed by atoms with Gasteiger partial charge in [-0.3, -0.25) is 4.18 Å². The molecule has 0 spiro atoms. The Morgan fingerprint density at radius 2 is 1.28 bits per heavy atom. The Labute approximate surface area is 198 Å². The zero-order valence-corrected chi connectivity index (χ0v) is 21.8. The van der Waals surface area contributed by atoms with Crippen molar-refractivity contribution in [3.05, 3.63) is 12.3 Å². The predicted octanol–water partition coefficient (Wildman–Crippen LogP) is 5.49. The number of nitrogens with one attached hydrogen (secondary N) is 1. The predicted molar refractivity (Wildman–Crippen MR) is 133 cm³/mol. The summed E-state index contributed by atoms with van der Waals surface area (Å²) in [7, 11) is -0.885. The van der Waals surface area contributed by atoms with E-state index in [1.807, 2.05) is 13.2 Å². The lowest BCUT2D eigenvalue weighted by Gasteiger charge is -2.02. The molecule has 0 saturated heterocycles. The molecule has 0 aromatic carbocycles. The molecule has 0 aliphatic rings. The van der Waals surface area contributed by atoms with Crippen LogP contribution in [0.4, 0.5) is 0 Å². The molecule has 32 heavy (non-hydrogen) atoms. The molecule has 0 aromatic heterocycles. The molecule has 7 nitrogen and oxygen atoms in total. The zero-order chi connectivity index (χ0) is 24.2. The van der Waals surface area contributed by atoms with Crippen molar-refractivity contribution in [2.45, 2.75) is 103 Å². The molecule has 0 fully saturated rings. The molecule has 0 heterocycles. The number of allylic oxidation sites excluding steroid dienone is 1. The fourth-order valence-electron chi connectivity index (χ4n) is 3.07. The van der Waals surface area contributed by atoms with E-state index in [0.717, 1.165) is 7.11 Å². The molecule has 0 amide bonds. The highest BCUT2D eigenvalue weighted by atomic mass is 32.3. The van der Waals surface area contributed by atoms with Crippen LogP contribution in [0.25, 0.3) is 0 Å². The van der Waals surface area contributed by atoms with Gasteiger partial charge in [0.05, 0.1) is 33.5 Å². The standard InChI is InChI=1S/C19H39N.C5H12O6S/c1-3-4-5-6-7-8-9-10-11-12-13-14-15-16-17-18-19-20-2;1-9-12(7,8)11-5-4-10-3-2-6/h18-20H,3-17H2,1-2H3;6H,2-5H2,1H3. The molecule has 0 radical (unpaired) electrons. The minimum absolute atomic E-state index is 0.100. The number of unbranched alkanes of at least 4 members (excludes halogenated alkanes) is 14. The topological polar surface area (TPSA) is 94.1 Å². The van der Waals surface area contributed by atoms with Crippen LogP contribution in [0, 0.1) is 0 Å². The number of rotatable bonds is 23. The Bertz CT molecular complexity index is 471. The SMILES string of the molecule is CCCCCCCCCCCCCCCCC=CNC.COS(=O)(=O)OCCOCCO. The first-order valence-corrected chi connectivity index (χ1v) is 13.8. The number of aliphatic hydroxyl groups is 1. The summed E-state index contributed by atoms with van der Waals surface area (Å²) < 4.78 is 34.0. The van der Waals surface area contributed by atoms with E-state index < -0.39 is 10.4 Å². The number of hydrogen-bond donors (Lipinski definition) is 2. The van der Waals surface area contributed by atoms with Crippen LogP contribution in [0.15, 0.2) is 12.3 Å². The van der Waals surface area contributed by atoms with E-state index in [1.54, 1.807) is 0 Å². The molecule has 0 unspecified atom stereocenters. The van der Waals surface area contributed by atoms with Crippen LogP contribution in [0.3, 0.4) is 0 Å². The Hall–Kier alpha value is -0.670.